The second-order valence-electron chi connectivity index (χ2n) is 9.46. The van der Waals surface area contributed by atoms with E-state index in [1.54, 1.807) is 30.7 Å². The molecule has 0 unspecified atom stereocenters. The molecule has 5 aromatic heterocycles. The lowest BCUT2D eigenvalue weighted by Gasteiger charge is -2.12. The molecule has 0 amide bonds. The van der Waals surface area contributed by atoms with Crippen molar-refractivity contribution in [2.75, 3.05) is 5.32 Å². The number of benzene rings is 1. The van der Waals surface area contributed by atoms with Crippen LogP contribution in [0.25, 0.3) is 55.2 Å². The minimum atomic E-state index is -0.535. The van der Waals surface area contributed by atoms with Gasteiger partial charge in [-0.2, -0.15) is 9.49 Å². The van der Waals surface area contributed by atoms with Crippen LogP contribution in [0.4, 0.5) is 14.5 Å². The van der Waals surface area contributed by atoms with Gasteiger partial charge in [0.15, 0.2) is 16.8 Å². The van der Waals surface area contributed by atoms with Crippen molar-refractivity contribution in [1.29, 1.82) is 0 Å². The van der Waals surface area contributed by atoms with Crippen LogP contribution >= 0.6 is 11.3 Å². The zero-order chi connectivity index (χ0) is 26.4. The zero-order valence-electron chi connectivity index (χ0n) is 20.6. The van der Waals surface area contributed by atoms with Gasteiger partial charge < -0.3 is 10.3 Å². The molecule has 7 nitrogen and oxygen atoms in total. The molecule has 0 aliphatic carbocycles. The number of para-hydroxylation sites is 1. The molecule has 0 aliphatic rings. The minimum absolute atomic E-state index is 0.150. The number of rotatable bonds is 7. The number of H-pyrrole nitrogens is 2. The Morgan fingerprint density at radius 1 is 1.08 bits per heavy atom. The van der Waals surface area contributed by atoms with Crippen LogP contribution in [-0.4, -0.2) is 30.1 Å². The number of fused-ring (bicyclic) bond motifs is 2. The molecule has 190 valence electrons. The van der Waals surface area contributed by atoms with Gasteiger partial charge in [0.25, 0.3) is 0 Å². The van der Waals surface area contributed by atoms with Gasteiger partial charge in [0.1, 0.15) is 11.4 Å². The lowest BCUT2D eigenvalue weighted by atomic mass is 10.1. The molecule has 0 spiro atoms. The van der Waals surface area contributed by atoms with E-state index in [1.807, 2.05) is 18.2 Å². The zero-order valence-corrected chi connectivity index (χ0v) is 21.5. The molecule has 0 saturated carbocycles. The highest BCUT2D eigenvalue weighted by Gasteiger charge is 2.21. The first-order valence-electron chi connectivity index (χ1n) is 12.0. The fourth-order valence-electron chi connectivity index (χ4n) is 4.54. The summed E-state index contributed by atoms with van der Waals surface area (Å²) in [7, 11) is 0. The molecule has 1 aromatic carbocycles. The number of aromatic amines is 2. The molecular weight excluding hydrogens is 504 g/mol. The highest BCUT2D eigenvalue weighted by molar-refractivity contribution is 7.14. The van der Waals surface area contributed by atoms with Crippen molar-refractivity contribution in [2.24, 2.45) is 5.92 Å². The normalized spacial score (nSPS) is 11.6. The molecule has 38 heavy (non-hydrogen) atoms. The summed E-state index contributed by atoms with van der Waals surface area (Å²) in [5.74, 6) is 0.311. The molecule has 0 aliphatic heterocycles. The van der Waals surface area contributed by atoms with Gasteiger partial charge in [-0.1, -0.05) is 32.6 Å². The number of anilines is 1. The Bertz CT molecular complexity index is 1820. The van der Waals surface area contributed by atoms with Gasteiger partial charge >= 0.3 is 0 Å². The van der Waals surface area contributed by atoms with Gasteiger partial charge in [-0.25, -0.2) is 9.37 Å². The molecular formula is C28H23F2N7S. The van der Waals surface area contributed by atoms with Gasteiger partial charge in [0.2, 0.25) is 0 Å². The summed E-state index contributed by atoms with van der Waals surface area (Å²) in [4.78, 5) is 17.4. The maximum absolute atomic E-state index is 16.0. The Labute approximate surface area is 220 Å². The molecule has 0 radical (unpaired) electrons. The fourth-order valence-corrected chi connectivity index (χ4v) is 5.29. The topological polar surface area (TPSA) is 95.2 Å². The number of allylic oxidation sites excluding steroid dienone is 1. The van der Waals surface area contributed by atoms with Crippen molar-refractivity contribution in [3.8, 4) is 33.2 Å². The third-order valence-corrected chi connectivity index (χ3v) is 7.01. The average Bonchev–Trinajstić information content (AvgIpc) is 3.61. The number of thiophene rings is 1. The summed E-state index contributed by atoms with van der Waals surface area (Å²) in [5.41, 5.74) is 5.17. The highest BCUT2D eigenvalue weighted by atomic mass is 32.1. The molecule has 0 bridgehead atoms. The number of imidazole rings is 1. The number of pyridine rings is 2. The Kier molecular flexibility index (Phi) is 5.96. The molecule has 5 heterocycles. The van der Waals surface area contributed by atoms with Gasteiger partial charge in [-0.15, -0.1) is 11.3 Å². The standard InChI is InChI=1S/C28H23F2N7S/c1-14(2)9-15(3)33-17-10-16(11-31-12-17)25-24(30)23-20(13-32-25)36-37-27(23)28-34-19-6-4-5-18(26(19)35-28)21-7-8-22(29)38-21/h4-8,10-14,33H,3,9H2,1-2H3,(H,34,35)(H,36,37). The van der Waals surface area contributed by atoms with E-state index in [1.165, 1.54) is 6.07 Å². The lowest BCUT2D eigenvalue weighted by Crippen LogP contribution is -2.02. The van der Waals surface area contributed by atoms with Gasteiger partial charge in [-0.05, 0) is 36.6 Å². The van der Waals surface area contributed by atoms with E-state index >= 15 is 4.39 Å². The lowest BCUT2D eigenvalue weighted by molar-refractivity contribution is 0.638. The fraction of sp³-hybridized carbons (Fsp3) is 0.143. The second-order valence-corrected chi connectivity index (χ2v) is 10.5. The van der Waals surface area contributed by atoms with Crippen LogP contribution in [0.1, 0.15) is 20.3 Å². The first-order chi connectivity index (χ1) is 18.4. The van der Waals surface area contributed by atoms with E-state index in [4.69, 9.17) is 4.98 Å². The van der Waals surface area contributed by atoms with Crippen molar-refractivity contribution < 1.29 is 8.78 Å². The first-order valence-corrected chi connectivity index (χ1v) is 12.9. The van der Waals surface area contributed by atoms with Crippen molar-refractivity contribution in [1.82, 2.24) is 30.1 Å². The number of nitrogens with one attached hydrogen (secondary N) is 3. The number of aromatic nitrogens is 6. The van der Waals surface area contributed by atoms with Crippen molar-refractivity contribution in [3.05, 3.63) is 78.2 Å². The van der Waals surface area contributed by atoms with Crippen molar-refractivity contribution in [3.63, 3.8) is 0 Å². The Morgan fingerprint density at radius 2 is 1.95 bits per heavy atom. The molecule has 10 heteroatoms. The predicted molar refractivity (Wildman–Crippen MR) is 148 cm³/mol. The van der Waals surface area contributed by atoms with Crippen LogP contribution in [0.5, 0.6) is 0 Å². The highest BCUT2D eigenvalue weighted by Crippen LogP contribution is 2.36. The van der Waals surface area contributed by atoms with Crippen LogP contribution in [0.3, 0.4) is 0 Å². The molecule has 0 fully saturated rings. The van der Waals surface area contributed by atoms with Crippen molar-refractivity contribution in [2.45, 2.75) is 20.3 Å². The molecule has 0 atom stereocenters. The molecule has 6 rings (SSSR count). The SMILES string of the molecule is C=C(CC(C)C)Nc1cncc(-c2ncc3[nH]nc(-c4nc5c(-c6ccc(F)s6)cccc5[nH]4)c3c2F)c1. The van der Waals surface area contributed by atoms with Crippen LogP contribution < -0.4 is 5.32 Å². The van der Waals surface area contributed by atoms with Crippen molar-refractivity contribution >= 4 is 39.0 Å². The van der Waals surface area contributed by atoms with Crippen LogP contribution in [0.15, 0.2) is 67.3 Å². The summed E-state index contributed by atoms with van der Waals surface area (Å²) < 4.78 is 29.7. The van der Waals surface area contributed by atoms with E-state index in [0.717, 1.165) is 39.4 Å². The number of hydrogen-bond acceptors (Lipinski definition) is 6. The number of nitrogens with zero attached hydrogens (tertiary/aromatic N) is 4. The van der Waals surface area contributed by atoms with E-state index in [0.29, 0.717) is 39.7 Å². The maximum atomic E-state index is 16.0. The van der Waals surface area contributed by atoms with Gasteiger partial charge in [0, 0.05) is 27.9 Å². The van der Waals surface area contributed by atoms with E-state index in [9.17, 15) is 4.39 Å². The Morgan fingerprint density at radius 3 is 2.74 bits per heavy atom. The van der Waals surface area contributed by atoms with Gasteiger partial charge in [0.05, 0.1) is 40.0 Å². The third kappa shape index (κ3) is 4.32. The maximum Gasteiger partial charge on any atom is 0.176 e. The van der Waals surface area contributed by atoms with Crippen LogP contribution in [0.2, 0.25) is 0 Å². The Hall–Kier alpha value is -4.44. The summed E-state index contributed by atoms with van der Waals surface area (Å²) in [6.45, 7) is 8.29. The average molecular weight is 528 g/mol. The predicted octanol–water partition coefficient (Wildman–Crippen LogP) is 7.54. The Balaban J connectivity index is 1.42. The molecule has 3 N–H and O–H groups in total. The summed E-state index contributed by atoms with van der Waals surface area (Å²) in [5, 5.41) is 10.4. The monoisotopic (exact) mass is 527 g/mol. The van der Waals surface area contributed by atoms with E-state index in [-0.39, 0.29) is 16.2 Å². The largest absolute Gasteiger partial charge is 0.358 e. The summed E-state index contributed by atoms with van der Waals surface area (Å²) >= 11 is 1.05. The number of halogens is 2. The molecule has 6 aromatic rings. The minimum Gasteiger partial charge on any atom is -0.358 e. The smallest absolute Gasteiger partial charge is 0.176 e. The summed E-state index contributed by atoms with van der Waals surface area (Å²) in [6.07, 6.45) is 5.59. The molecule has 0 saturated heterocycles. The first kappa shape index (κ1) is 23.9. The second kappa shape index (κ2) is 9.46. The van der Waals surface area contributed by atoms with Crippen LogP contribution in [0, 0.1) is 16.9 Å². The van der Waals surface area contributed by atoms with E-state index in [2.05, 4.69) is 50.9 Å². The van der Waals surface area contributed by atoms with E-state index < -0.39 is 5.82 Å². The third-order valence-electron chi connectivity index (χ3n) is 6.11. The number of hydrogen-bond donors (Lipinski definition) is 3. The quantitative estimate of drug-likeness (QED) is 0.199. The van der Waals surface area contributed by atoms with Gasteiger partial charge in [-0.3, -0.25) is 15.1 Å². The summed E-state index contributed by atoms with van der Waals surface area (Å²) in [6, 6.07) is 10.6. The van der Waals surface area contributed by atoms with Crippen LogP contribution in [-0.2, 0) is 0 Å².